The highest BCUT2D eigenvalue weighted by molar-refractivity contribution is 7.16. The SMILES string of the molecule is CCOC(=O)C1CCc2sc(NC(=O)c3cc(=O)[nH]cn3)nc21. The number of esters is 1. The van der Waals surface area contributed by atoms with E-state index in [1.807, 2.05) is 0 Å². The number of H-pyrrole nitrogens is 1. The number of amides is 1. The van der Waals surface area contributed by atoms with Crippen molar-refractivity contribution in [2.45, 2.75) is 25.7 Å². The number of nitrogens with zero attached hydrogens (tertiary/aromatic N) is 2. The monoisotopic (exact) mass is 334 g/mol. The lowest BCUT2D eigenvalue weighted by atomic mass is 10.1. The summed E-state index contributed by atoms with van der Waals surface area (Å²) in [4.78, 5) is 46.6. The Hall–Kier alpha value is -2.55. The summed E-state index contributed by atoms with van der Waals surface area (Å²) in [7, 11) is 0. The van der Waals surface area contributed by atoms with Gasteiger partial charge < -0.3 is 9.72 Å². The molecule has 1 atom stereocenters. The number of aromatic amines is 1. The highest BCUT2D eigenvalue weighted by Crippen LogP contribution is 2.38. The number of ether oxygens (including phenoxy) is 1. The third-order valence-corrected chi connectivity index (χ3v) is 4.47. The van der Waals surface area contributed by atoms with E-state index in [1.165, 1.54) is 11.3 Å². The molecule has 23 heavy (non-hydrogen) atoms. The Bertz CT molecular complexity index is 813. The molecular formula is C14H14N4O4S. The van der Waals surface area contributed by atoms with Crippen molar-refractivity contribution in [2.75, 3.05) is 11.9 Å². The first-order valence-electron chi connectivity index (χ1n) is 7.10. The van der Waals surface area contributed by atoms with Gasteiger partial charge in [-0.25, -0.2) is 9.97 Å². The second-order valence-corrected chi connectivity index (χ2v) is 6.00. The molecule has 0 saturated carbocycles. The Balaban J connectivity index is 1.76. The van der Waals surface area contributed by atoms with Gasteiger partial charge in [0.25, 0.3) is 11.5 Å². The molecule has 0 saturated heterocycles. The molecular weight excluding hydrogens is 320 g/mol. The van der Waals surface area contributed by atoms with Gasteiger partial charge in [-0.2, -0.15) is 0 Å². The van der Waals surface area contributed by atoms with E-state index in [0.29, 0.717) is 23.9 Å². The van der Waals surface area contributed by atoms with E-state index in [2.05, 4.69) is 20.3 Å². The van der Waals surface area contributed by atoms with Crippen LogP contribution in [0.3, 0.4) is 0 Å². The van der Waals surface area contributed by atoms with Crippen molar-refractivity contribution in [3.05, 3.63) is 39.0 Å². The number of rotatable bonds is 4. The molecule has 0 fully saturated rings. The summed E-state index contributed by atoms with van der Waals surface area (Å²) in [5.74, 6) is -1.17. The van der Waals surface area contributed by atoms with Gasteiger partial charge in [-0.1, -0.05) is 0 Å². The Morgan fingerprint density at radius 1 is 1.52 bits per heavy atom. The Morgan fingerprint density at radius 3 is 3.09 bits per heavy atom. The number of anilines is 1. The molecule has 2 aromatic rings. The fraction of sp³-hybridized carbons (Fsp3) is 0.357. The van der Waals surface area contributed by atoms with E-state index in [9.17, 15) is 14.4 Å². The van der Waals surface area contributed by atoms with Crippen LogP contribution >= 0.6 is 11.3 Å². The summed E-state index contributed by atoms with van der Waals surface area (Å²) in [5.41, 5.74) is 0.267. The smallest absolute Gasteiger partial charge is 0.315 e. The number of carbonyl (C=O) groups is 2. The molecule has 0 aliphatic heterocycles. The second kappa shape index (κ2) is 6.29. The topological polar surface area (TPSA) is 114 Å². The average Bonchev–Trinajstić information content (AvgIpc) is 3.07. The summed E-state index contributed by atoms with van der Waals surface area (Å²) in [5, 5.41) is 2.99. The van der Waals surface area contributed by atoms with Crippen molar-refractivity contribution in [3.8, 4) is 0 Å². The molecule has 2 heterocycles. The van der Waals surface area contributed by atoms with E-state index < -0.39 is 11.5 Å². The second-order valence-electron chi connectivity index (χ2n) is 4.92. The minimum absolute atomic E-state index is 0.00560. The Labute approximate surface area is 134 Å². The van der Waals surface area contributed by atoms with E-state index in [1.54, 1.807) is 6.92 Å². The number of hydrogen-bond donors (Lipinski definition) is 2. The van der Waals surface area contributed by atoms with Gasteiger partial charge in [0, 0.05) is 10.9 Å². The maximum Gasteiger partial charge on any atom is 0.315 e. The van der Waals surface area contributed by atoms with Crippen molar-refractivity contribution in [1.82, 2.24) is 15.0 Å². The summed E-state index contributed by atoms with van der Waals surface area (Å²) in [6.07, 6.45) is 2.57. The molecule has 1 aliphatic carbocycles. The van der Waals surface area contributed by atoms with Crippen molar-refractivity contribution in [3.63, 3.8) is 0 Å². The quantitative estimate of drug-likeness (QED) is 0.809. The fourth-order valence-corrected chi connectivity index (χ4v) is 3.44. The highest BCUT2D eigenvalue weighted by atomic mass is 32.1. The number of hydrogen-bond acceptors (Lipinski definition) is 7. The molecule has 1 aliphatic rings. The first-order chi connectivity index (χ1) is 11.1. The summed E-state index contributed by atoms with van der Waals surface area (Å²) < 4.78 is 5.05. The van der Waals surface area contributed by atoms with Crippen LogP contribution in [-0.4, -0.2) is 33.4 Å². The largest absolute Gasteiger partial charge is 0.465 e. The van der Waals surface area contributed by atoms with Crippen molar-refractivity contribution < 1.29 is 14.3 Å². The van der Waals surface area contributed by atoms with Crippen LogP contribution in [0.4, 0.5) is 5.13 Å². The van der Waals surface area contributed by atoms with Crippen LogP contribution in [0.5, 0.6) is 0 Å². The van der Waals surface area contributed by atoms with Crippen molar-refractivity contribution in [2.24, 2.45) is 0 Å². The van der Waals surface area contributed by atoms with Crippen LogP contribution in [0.15, 0.2) is 17.2 Å². The molecule has 0 spiro atoms. The van der Waals surface area contributed by atoms with Gasteiger partial charge in [0.2, 0.25) is 0 Å². The van der Waals surface area contributed by atoms with Crippen LogP contribution in [0.1, 0.15) is 40.3 Å². The van der Waals surface area contributed by atoms with Crippen molar-refractivity contribution in [1.29, 1.82) is 0 Å². The minimum atomic E-state index is -0.517. The fourth-order valence-electron chi connectivity index (χ4n) is 2.41. The molecule has 120 valence electrons. The molecule has 9 heteroatoms. The van der Waals surface area contributed by atoms with Crippen LogP contribution < -0.4 is 10.9 Å². The zero-order valence-electron chi connectivity index (χ0n) is 12.3. The Morgan fingerprint density at radius 2 is 2.35 bits per heavy atom. The number of nitrogens with one attached hydrogen (secondary N) is 2. The van der Waals surface area contributed by atoms with E-state index in [0.717, 1.165) is 23.7 Å². The third-order valence-electron chi connectivity index (χ3n) is 3.42. The van der Waals surface area contributed by atoms with Gasteiger partial charge in [-0.05, 0) is 19.8 Å². The van der Waals surface area contributed by atoms with Gasteiger partial charge in [0.1, 0.15) is 11.6 Å². The van der Waals surface area contributed by atoms with E-state index in [-0.39, 0.29) is 17.6 Å². The van der Waals surface area contributed by atoms with Crippen molar-refractivity contribution >= 4 is 28.3 Å². The van der Waals surface area contributed by atoms with E-state index in [4.69, 9.17) is 4.74 Å². The standard InChI is InChI=1S/C14H14N4O4S/c1-2-22-13(21)7-3-4-9-11(7)17-14(23-9)18-12(20)8-5-10(19)16-6-15-8/h5-7H,2-4H2,1H3,(H,15,16,19)(H,17,18,20). The molecule has 0 bridgehead atoms. The predicted molar refractivity (Wildman–Crippen MR) is 82.6 cm³/mol. The molecule has 2 aromatic heterocycles. The maximum atomic E-state index is 12.1. The number of thiazole rings is 1. The first-order valence-corrected chi connectivity index (χ1v) is 7.92. The zero-order chi connectivity index (χ0) is 16.4. The first kappa shape index (κ1) is 15.3. The Kier molecular flexibility index (Phi) is 4.20. The highest BCUT2D eigenvalue weighted by Gasteiger charge is 2.33. The molecule has 0 aromatic carbocycles. The number of aromatic nitrogens is 3. The minimum Gasteiger partial charge on any atom is -0.465 e. The lowest BCUT2D eigenvalue weighted by Gasteiger charge is -2.07. The van der Waals surface area contributed by atoms with Gasteiger partial charge >= 0.3 is 5.97 Å². The van der Waals surface area contributed by atoms with Crippen LogP contribution in [0, 0.1) is 0 Å². The summed E-state index contributed by atoms with van der Waals surface area (Å²) in [6.45, 7) is 2.08. The van der Waals surface area contributed by atoms with Gasteiger partial charge in [-0.3, -0.25) is 19.7 Å². The predicted octanol–water partition coefficient (Wildman–Crippen LogP) is 1.07. The summed E-state index contributed by atoms with van der Waals surface area (Å²) >= 11 is 1.32. The van der Waals surface area contributed by atoms with Crippen LogP contribution in [0.2, 0.25) is 0 Å². The average molecular weight is 334 g/mol. The molecule has 3 rings (SSSR count). The summed E-state index contributed by atoms with van der Waals surface area (Å²) in [6, 6.07) is 1.11. The van der Waals surface area contributed by atoms with E-state index >= 15 is 0 Å². The maximum absolute atomic E-state index is 12.1. The molecule has 2 N–H and O–H groups in total. The number of fused-ring (bicyclic) bond motifs is 1. The lowest BCUT2D eigenvalue weighted by molar-refractivity contribution is -0.145. The molecule has 8 nitrogen and oxygen atoms in total. The van der Waals surface area contributed by atoms with Gasteiger partial charge in [0.05, 0.1) is 18.6 Å². The van der Waals surface area contributed by atoms with Crippen LogP contribution in [-0.2, 0) is 16.0 Å². The molecule has 0 radical (unpaired) electrons. The lowest BCUT2D eigenvalue weighted by Crippen LogP contribution is -2.18. The van der Waals surface area contributed by atoms with Gasteiger partial charge in [0.15, 0.2) is 5.13 Å². The third kappa shape index (κ3) is 3.14. The normalized spacial score (nSPS) is 16.0. The van der Waals surface area contributed by atoms with Gasteiger partial charge in [-0.15, -0.1) is 11.3 Å². The number of carbonyl (C=O) groups excluding carboxylic acids is 2. The molecule has 1 amide bonds. The number of aryl methyl sites for hydroxylation is 1. The van der Waals surface area contributed by atoms with Crippen LogP contribution in [0.25, 0.3) is 0 Å². The molecule has 1 unspecified atom stereocenters. The zero-order valence-corrected chi connectivity index (χ0v) is 13.1.